The molecule has 1 aliphatic carbocycles. The lowest BCUT2D eigenvalue weighted by molar-refractivity contribution is 0.249. The lowest BCUT2D eigenvalue weighted by atomic mass is 9.78. The third-order valence-electron chi connectivity index (χ3n) is 5.01. The van der Waals surface area contributed by atoms with Crippen molar-refractivity contribution in [3.8, 4) is 0 Å². The smallest absolute Gasteiger partial charge is 0.136 e. The van der Waals surface area contributed by atoms with Crippen LogP contribution in [0.15, 0.2) is 18.2 Å². The van der Waals surface area contributed by atoms with Gasteiger partial charge >= 0.3 is 0 Å². The second-order valence-electron chi connectivity index (χ2n) is 6.67. The van der Waals surface area contributed by atoms with Gasteiger partial charge in [-0.25, -0.2) is 4.39 Å². The molecule has 1 aromatic rings. The minimum absolute atomic E-state index is 0.0623. The quantitative estimate of drug-likeness (QED) is 0.350. The highest BCUT2D eigenvalue weighted by atomic mass is 127. The van der Waals surface area contributed by atoms with Crippen molar-refractivity contribution in [2.45, 2.75) is 71.1 Å². The first-order valence-corrected chi connectivity index (χ1v) is 9.70. The Morgan fingerprint density at radius 1 is 1.05 bits per heavy atom. The summed E-state index contributed by atoms with van der Waals surface area (Å²) in [6.07, 6.45) is 13.5. The van der Waals surface area contributed by atoms with Crippen LogP contribution in [0.2, 0.25) is 0 Å². The number of unbranched alkanes of at least 4 members (excludes halogenated alkanes) is 2. The zero-order valence-corrected chi connectivity index (χ0v) is 15.4. The van der Waals surface area contributed by atoms with Crippen LogP contribution in [0, 0.1) is 21.2 Å². The average molecular weight is 402 g/mol. The van der Waals surface area contributed by atoms with Gasteiger partial charge in [-0.2, -0.15) is 0 Å². The SMILES string of the molecule is CCCCCC1CCC(CCc2ccc(I)c(F)c2)CC1. The van der Waals surface area contributed by atoms with Crippen LogP contribution >= 0.6 is 22.6 Å². The molecule has 0 saturated heterocycles. The van der Waals surface area contributed by atoms with Crippen LogP contribution in [0.1, 0.15) is 70.3 Å². The number of halogens is 2. The molecule has 118 valence electrons. The predicted molar refractivity (Wildman–Crippen MR) is 97.0 cm³/mol. The van der Waals surface area contributed by atoms with Crippen LogP contribution in [0.25, 0.3) is 0 Å². The largest absolute Gasteiger partial charge is 0.206 e. The molecule has 0 N–H and O–H groups in total. The molecule has 0 unspecified atom stereocenters. The highest BCUT2D eigenvalue weighted by Gasteiger charge is 2.20. The average Bonchev–Trinajstić information content (AvgIpc) is 2.50. The fraction of sp³-hybridized carbons (Fsp3) is 0.684. The van der Waals surface area contributed by atoms with Gasteiger partial charge in [0, 0.05) is 3.57 Å². The Morgan fingerprint density at radius 3 is 2.33 bits per heavy atom. The van der Waals surface area contributed by atoms with E-state index in [4.69, 9.17) is 0 Å². The standard InChI is InChI=1S/C19H28FI/c1-2-3-4-5-15-6-8-16(9-7-15)10-11-17-12-13-19(21)18(20)14-17/h12-16H,2-11H2,1H3. The molecule has 21 heavy (non-hydrogen) atoms. The van der Waals surface area contributed by atoms with Gasteiger partial charge in [0.05, 0.1) is 0 Å². The number of benzene rings is 1. The van der Waals surface area contributed by atoms with Crippen molar-refractivity contribution in [3.63, 3.8) is 0 Å². The summed E-state index contributed by atoms with van der Waals surface area (Å²) >= 11 is 2.05. The molecule has 1 aliphatic rings. The minimum atomic E-state index is -0.0623. The molecular formula is C19H28FI. The molecule has 2 rings (SSSR count). The maximum absolute atomic E-state index is 13.5. The first-order valence-electron chi connectivity index (χ1n) is 8.63. The summed E-state index contributed by atoms with van der Waals surface area (Å²) in [5.74, 6) is 1.80. The summed E-state index contributed by atoms with van der Waals surface area (Å²) in [6, 6.07) is 5.70. The predicted octanol–water partition coefficient (Wildman–Crippen LogP) is 6.75. The monoisotopic (exact) mass is 402 g/mol. The zero-order chi connectivity index (χ0) is 15.1. The van der Waals surface area contributed by atoms with E-state index in [0.29, 0.717) is 0 Å². The zero-order valence-electron chi connectivity index (χ0n) is 13.2. The molecule has 0 spiro atoms. The van der Waals surface area contributed by atoms with E-state index in [2.05, 4.69) is 35.6 Å². The molecule has 0 heterocycles. The second-order valence-corrected chi connectivity index (χ2v) is 7.83. The molecule has 0 bridgehead atoms. The lowest BCUT2D eigenvalue weighted by Gasteiger charge is -2.28. The highest BCUT2D eigenvalue weighted by Crippen LogP contribution is 2.34. The van der Waals surface area contributed by atoms with Crippen molar-refractivity contribution in [2.75, 3.05) is 0 Å². The molecule has 2 heteroatoms. The Hall–Kier alpha value is -0.120. The molecule has 0 amide bonds. The highest BCUT2D eigenvalue weighted by molar-refractivity contribution is 14.1. The molecular weight excluding hydrogens is 374 g/mol. The first kappa shape index (κ1) is 17.2. The van der Waals surface area contributed by atoms with E-state index in [1.165, 1.54) is 57.8 Å². The van der Waals surface area contributed by atoms with Crippen molar-refractivity contribution in [1.29, 1.82) is 0 Å². The molecule has 0 nitrogen and oxygen atoms in total. The second kappa shape index (κ2) is 9.12. The number of hydrogen-bond acceptors (Lipinski definition) is 0. The molecule has 0 radical (unpaired) electrons. The van der Waals surface area contributed by atoms with E-state index >= 15 is 0 Å². The van der Waals surface area contributed by atoms with Crippen molar-refractivity contribution >= 4 is 22.6 Å². The molecule has 0 aromatic heterocycles. The summed E-state index contributed by atoms with van der Waals surface area (Å²) < 4.78 is 14.3. The van der Waals surface area contributed by atoms with E-state index in [9.17, 15) is 4.39 Å². The van der Waals surface area contributed by atoms with Gasteiger partial charge < -0.3 is 0 Å². The Labute approximate surface area is 143 Å². The van der Waals surface area contributed by atoms with Crippen molar-refractivity contribution in [1.82, 2.24) is 0 Å². The van der Waals surface area contributed by atoms with E-state index in [-0.39, 0.29) is 5.82 Å². The maximum atomic E-state index is 13.5. The van der Waals surface area contributed by atoms with E-state index in [1.807, 2.05) is 6.07 Å². The van der Waals surface area contributed by atoms with Crippen LogP contribution < -0.4 is 0 Å². The summed E-state index contributed by atoms with van der Waals surface area (Å²) in [6.45, 7) is 2.28. The molecule has 1 fully saturated rings. The Morgan fingerprint density at radius 2 is 1.71 bits per heavy atom. The third-order valence-corrected chi connectivity index (χ3v) is 5.88. The molecule has 0 atom stereocenters. The van der Waals surface area contributed by atoms with Gasteiger partial charge in [-0.3, -0.25) is 0 Å². The van der Waals surface area contributed by atoms with Crippen LogP contribution in [0.3, 0.4) is 0 Å². The fourth-order valence-corrected chi connectivity index (χ4v) is 3.89. The summed E-state index contributed by atoms with van der Waals surface area (Å²) in [7, 11) is 0. The lowest BCUT2D eigenvalue weighted by Crippen LogP contribution is -2.15. The maximum Gasteiger partial charge on any atom is 0.136 e. The summed E-state index contributed by atoms with van der Waals surface area (Å²) in [5.41, 5.74) is 1.16. The van der Waals surface area contributed by atoms with Crippen molar-refractivity contribution in [3.05, 3.63) is 33.1 Å². The van der Waals surface area contributed by atoms with Crippen LogP contribution in [0.5, 0.6) is 0 Å². The molecule has 0 aliphatic heterocycles. The Bertz CT molecular complexity index is 422. The van der Waals surface area contributed by atoms with E-state index in [0.717, 1.165) is 27.4 Å². The van der Waals surface area contributed by atoms with Crippen molar-refractivity contribution < 1.29 is 4.39 Å². The topological polar surface area (TPSA) is 0 Å². The van der Waals surface area contributed by atoms with Gasteiger partial charge in [0.25, 0.3) is 0 Å². The van der Waals surface area contributed by atoms with Gasteiger partial charge in [-0.1, -0.05) is 64.4 Å². The van der Waals surface area contributed by atoms with E-state index < -0.39 is 0 Å². The fourth-order valence-electron chi connectivity index (χ4n) is 3.56. The Balaban J connectivity index is 1.67. The van der Waals surface area contributed by atoms with Crippen LogP contribution in [-0.2, 0) is 6.42 Å². The van der Waals surface area contributed by atoms with Crippen LogP contribution in [-0.4, -0.2) is 0 Å². The van der Waals surface area contributed by atoms with Gasteiger partial charge in [0.15, 0.2) is 0 Å². The molecule has 1 saturated carbocycles. The number of hydrogen-bond donors (Lipinski definition) is 0. The first-order chi connectivity index (χ1) is 10.2. The number of rotatable bonds is 7. The van der Waals surface area contributed by atoms with Gasteiger partial charge in [-0.05, 0) is 65.0 Å². The summed E-state index contributed by atoms with van der Waals surface area (Å²) in [5, 5.41) is 0. The number of aryl methyl sites for hydroxylation is 1. The normalized spacial score (nSPS) is 22.4. The van der Waals surface area contributed by atoms with Crippen LogP contribution in [0.4, 0.5) is 4.39 Å². The van der Waals surface area contributed by atoms with Gasteiger partial charge in [0.2, 0.25) is 0 Å². The third kappa shape index (κ3) is 5.88. The van der Waals surface area contributed by atoms with Crippen molar-refractivity contribution in [2.24, 2.45) is 11.8 Å². The molecule has 1 aromatic carbocycles. The Kier molecular flexibility index (Phi) is 7.48. The van der Waals surface area contributed by atoms with E-state index in [1.54, 1.807) is 6.07 Å². The minimum Gasteiger partial charge on any atom is -0.206 e. The summed E-state index contributed by atoms with van der Waals surface area (Å²) in [4.78, 5) is 0. The van der Waals surface area contributed by atoms with Gasteiger partial charge in [-0.15, -0.1) is 0 Å². The van der Waals surface area contributed by atoms with Gasteiger partial charge in [0.1, 0.15) is 5.82 Å².